The molecule has 0 radical (unpaired) electrons. The smallest absolute Gasteiger partial charge is 0.194 e. The molecule has 29 heavy (non-hydrogen) atoms. The highest BCUT2D eigenvalue weighted by molar-refractivity contribution is 14.0. The van der Waals surface area contributed by atoms with Gasteiger partial charge in [0.05, 0.1) is 29.3 Å². The van der Waals surface area contributed by atoms with E-state index in [0.29, 0.717) is 6.54 Å². The monoisotopic (exact) mass is 524 g/mol. The lowest BCUT2D eigenvalue weighted by Gasteiger charge is -2.21. The Morgan fingerprint density at radius 1 is 1.17 bits per heavy atom. The molecule has 2 aromatic heterocycles. The predicted molar refractivity (Wildman–Crippen MR) is 135 cm³/mol. The molecule has 3 rings (SSSR count). The number of nitrogens with zero attached hydrogens (tertiary/aromatic N) is 5. The second-order valence-corrected chi connectivity index (χ2v) is 8.00. The Hall–Kier alpha value is -1.94. The van der Waals surface area contributed by atoms with Crippen molar-refractivity contribution >= 4 is 58.0 Å². The predicted octanol–water partition coefficient (Wildman–Crippen LogP) is 4.28. The average Bonchev–Trinajstić information content (AvgIpc) is 3.09. The average molecular weight is 524 g/mol. The molecule has 0 atom stereocenters. The van der Waals surface area contributed by atoms with Crippen molar-refractivity contribution in [2.24, 2.45) is 4.99 Å². The molecule has 156 valence electrons. The highest BCUT2D eigenvalue weighted by Gasteiger charge is 2.11. The number of aromatic nitrogens is 2. The van der Waals surface area contributed by atoms with Gasteiger partial charge in [0.1, 0.15) is 5.82 Å². The zero-order valence-corrected chi connectivity index (χ0v) is 20.8. The highest BCUT2D eigenvalue weighted by atomic mass is 127. The summed E-state index contributed by atoms with van der Waals surface area (Å²) in [6.07, 6.45) is 0. The lowest BCUT2D eigenvalue weighted by Crippen LogP contribution is -2.38. The SMILES string of the molecule is CCNC(=NCc1cc(N(C)C)nc2ccccc12)N(C)Cc1csc(C)n1.I. The Bertz CT molecular complexity index is 969. The molecule has 2 heterocycles. The van der Waals surface area contributed by atoms with Crippen molar-refractivity contribution in [3.63, 3.8) is 0 Å². The summed E-state index contributed by atoms with van der Waals surface area (Å²) in [5.74, 6) is 1.82. The van der Waals surface area contributed by atoms with E-state index >= 15 is 0 Å². The van der Waals surface area contributed by atoms with Crippen LogP contribution in [0.4, 0.5) is 5.82 Å². The fourth-order valence-corrected chi connectivity index (χ4v) is 3.62. The second kappa shape index (κ2) is 10.7. The standard InChI is InChI=1S/C21H28N6S.HI/c1-6-22-21(27(5)13-17-14-28-15(2)24-17)23-12-16-11-20(26(3)4)25-19-10-8-7-9-18(16)19;/h7-11,14H,6,12-13H2,1-5H3,(H,22,23);1H. The molecule has 8 heteroatoms. The first-order valence-corrected chi connectivity index (χ1v) is 10.3. The summed E-state index contributed by atoms with van der Waals surface area (Å²) < 4.78 is 0. The number of anilines is 1. The van der Waals surface area contributed by atoms with Crippen molar-refractivity contribution in [2.75, 3.05) is 32.6 Å². The maximum atomic E-state index is 4.90. The van der Waals surface area contributed by atoms with Crippen LogP contribution in [0.1, 0.15) is 23.2 Å². The van der Waals surface area contributed by atoms with E-state index in [-0.39, 0.29) is 24.0 Å². The minimum Gasteiger partial charge on any atom is -0.363 e. The maximum absolute atomic E-state index is 4.90. The van der Waals surface area contributed by atoms with Gasteiger partial charge in [0.25, 0.3) is 0 Å². The van der Waals surface area contributed by atoms with Crippen molar-refractivity contribution < 1.29 is 0 Å². The van der Waals surface area contributed by atoms with Crippen LogP contribution in [0.25, 0.3) is 10.9 Å². The van der Waals surface area contributed by atoms with Crippen molar-refractivity contribution in [3.05, 3.63) is 52.0 Å². The van der Waals surface area contributed by atoms with Crippen molar-refractivity contribution in [1.82, 2.24) is 20.2 Å². The molecule has 6 nitrogen and oxygen atoms in total. The summed E-state index contributed by atoms with van der Waals surface area (Å²) in [5, 5.41) is 7.73. The summed E-state index contributed by atoms with van der Waals surface area (Å²) >= 11 is 1.68. The van der Waals surface area contributed by atoms with Crippen molar-refractivity contribution in [2.45, 2.75) is 26.9 Å². The van der Waals surface area contributed by atoms with Gasteiger partial charge in [-0.25, -0.2) is 15.0 Å². The summed E-state index contributed by atoms with van der Waals surface area (Å²) in [5.41, 5.74) is 3.23. The number of benzene rings is 1. The van der Waals surface area contributed by atoms with E-state index in [9.17, 15) is 0 Å². The number of thiazole rings is 1. The van der Waals surface area contributed by atoms with Crippen molar-refractivity contribution in [1.29, 1.82) is 0 Å². The minimum absolute atomic E-state index is 0. The maximum Gasteiger partial charge on any atom is 0.194 e. The number of nitrogens with one attached hydrogen (secondary N) is 1. The summed E-state index contributed by atoms with van der Waals surface area (Å²) in [7, 11) is 6.07. The first-order valence-electron chi connectivity index (χ1n) is 9.44. The molecular weight excluding hydrogens is 495 g/mol. The topological polar surface area (TPSA) is 56.7 Å². The number of guanidine groups is 1. The zero-order valence-electron chi connectivity index (χ0n) is 17.6. The molecule has 0 fully saturated rings. The van der Waals surface area contributed by atoms with Crippen LogP contribution >= 0.6 is 35.3 Å². The fraction of sp³-hybridized carbons (Fsp3) is 0.381. The third-order valence-corrected chi connectivity index (χ3v) is 5.23. The van der Waals surface area contributed by atoms with Gasteiger partial charge < -0.3 is 15.1 Å². The molecule has 3 aromatic rings. The summed E-state index contributed by atoms with van der Waals surface area (Å²) in [6.45, 7) is 6.26. The van der Waals surface area contributed by atoms with Gasteiger partial charge >= 0.3 is 0 Å². The molecule has 0 saturated heterocycles. The normalized spacial score (nSPS) is 11.3. The number of hydrogen-bond acceptors (Lipinski definition) is 5. The van der Waals surface area contributed by atoms with E-state index in [2.05, 4.69) is 51.8 Å². The molecular formula is C21H29IN6S. The first-order chi connectivity index (χ1) is 13.5. The number of pyridine rings is 1. The quantitative estimate of drug-likeness (QED) is 0.297. The van der Waals surface area contributed by atoms with Crippen LogP contribution in [-0.4, -0.2) is 48.5 Å². The number of fused-ring (bicyclic) bond motifs is 1. The molecule has 0 unspecified atom stereocenters. The van der Waals surface area contributed by atoms with Gasteiger partial charge in [0.2, 0.25) is 0 Å². The van der Waals surface area contributed by atoms with Gasteiger partial charge in [0.15, 0.2) is 5.96 Å². The van der Waals surface area contributed by atoms with Crippen LogP contribution in [0, 0.1) is 6.92 Å². The molecule has 0 spiro atoms. The minimum atomic E-state index is 0. The molecule has 0 saturated carbocycles. The van der Waals surface area contributed by atoms with Crippen LogP contribution in [-0.2, 0) is 13.1 Å². The van der Waals surface area contributed by atoms with E-state index in [4.69, 9.17) is 9.98 Å². The Labute approximate surface area is 194 Å². The molecule has 0 aliphatic carbocycles. The fourth-order valence-electron chi connectivity index (χ4n) is 3.02. The van der Waals surface area contributed by atoms with Gasteiger partial charge in [-0.2, -0.15) is 0 Å². The number of aryl methyl sites for hydroxylation is 1. The van der Waals surface area contributed by atoms with Gasteiger partial charge in [-0.05, 0) is 31.5 Å². The van der Waals surface area contributed by atoms with E-state index < -0.39 is 0 Å². The molecule has 1 aromatic carbocycles. The van der Waals surface area contributed by atoms with Crippen LogP contribution in [0.5, 0.6) is 0 Å². The van der Waals surface area contributed by atoms with E-state index in [1.807, 2.05) is 39.0 Å². The van der Waals surface area contributed by atoms with E-state index in [1.54, 1.807) is 11.3 Å². The number of rotatable bonds is 6. The molecule has 0 bridgehead atoms. The molecule has 1 N–H and O–H groups in total. The van der Waals surface area contributed by atoms with Crippen molar-refractivity contribution in [3.8, 4) is 0 Å². The lowest BCUT2D eigenvalue weighted by molar-refractivity contribution is 0.471. The van der Waals surface area contributed by atoms with Gasteiger partial charge in [0, 0.05) is 38.5 Å². The van der Waals surface area contributed by atoms with Crippen LogP contribution in [0.2, 0.25) is 0 Å². The Morgan fingerprint density at radius 2 is 1.93 bits per heavy atom. The van der Waals surface area contributed by atoms with Gasteiger partial charge in [-0.1, -0.05) is 18.2 Å². The number of aliphatic imine (C=N–C) groups is 1. The molecule has 0 aliphatic heterocycles. The zero-order chi connectivity index (χ0) is 20.1. The molecule has 0 amide bonds. The van der Waals surface area contributed by atoms with Gasteiger partial charge in [-0.3, -0.25) is 0 Å². The van der Waals surface area contributed by atoms with Crippen LogP contribution in [0.15, 0.2) is 40.7 Å². The van der Waals surface area contributed by atoms with Gasteiger partial charge in [-0.15, -0.1) is 35.3 Å². The number of para-hydroxylation sites is 1. The Kier molecular flexibility index (Phi) is 8.63. The van der Waals surface area contributed by atoms with Crippen LogP contribution in [0.3, 0.4) is 0 Å². The summed E-state index contributed by atoms with van der Waals surface area (Å²) in [4.78, 5) is 18.3. The number of halogens is 1. The third kappa shape index (κ3) is 6.02. The highest BCUT2D eigenvalue weighted by Crippen LogP contribution is 2.23. The lowest BCUT2D eigenvalue weighted by atomic mass is 10.1. The van der Waals surface area contributed by atoms with E-state index in [0.717, 1.165) is 46.5 Å². The summed E-state index contributed by atoms with van der Waals surface area (Å²) in [6, 6.07) is 10.4. The van der Waals surface area contributed by atoms with Crippen LogP contribution < -0.4 is 10.2 Å². The Balaban J connectivity index is 0.00000300. The van der Waals surface area contributed by atoms with E-state index in [1.165, 1.54) is 5.56 Å². The first kappa shape index (κ1) is 23.3. The largest absolute Gasteiger partial charge is 0.363 e. The Morgan fingerprint density at radius 3 is 2.59 bits per heavy atom. The third-order valence-electron chi connectivity index (χ3n) is 4.41. The molecule has 0 aliphatic rings. The number of hydrogen-bond donors (Lipinski definition) is 1. The second-order valence-electron chi connectivity index (χ2n) is 6.94.